The van der Waals surface area contributed by atoms with Crippen LogP contribution in [-0.4, -0.2) is 4.98 Å². The molecule has 16 heavy (non-hydrogen) atoms. The Morgan fingerprint density at radius 3 is 2.44 bits per heavy atom. The Kier molecular flexibility index (Phi) is 3.95. The topological polar surface area (TPSA) is 32.9 Å². The summed E-state index contributed by atoms with van der Waals surface area (Å²) in [6.07, 6.45) is 2.28. The minimum atomic E-state index is 0.00110. The maximum atomic E-state index is 11.6. The molecule has 1 aromatic rings. The quantitative estimate of drug-likeness (QED) is 0.831. The van der Waals surface area contributed by atoms with Gasteiger partial charge in [0.05, 0.1) is 0 Å². The molecule has 0 aliphatic carbocycles. The summed E-state index contributed by atoms with van der Waals surface area (Å²) < 4.78 is 0. The number of hydrogen-bond acceptors (Lipinski definition) is 1. The standard InChI is InChI=1S/C14H23NO/c1-6-7-10(2)11-8-12(14(3,4)5)15-13(16)9-11/h8-10H,6-7H2,1-5H3,(H,15,16). The third kappa shape index (κ3) is 3.22. The van der Waals surface area contributed by atoms with Crippen LogP contribution in [0, 0.1) is 0 Å². The van der Waals surface area contributed by atoms with Crippen LogP contribution >= 0.6 is 0 Å². The van der Waals surface area contributed by atoms with Gasteiger partial charge in [-0.25, -0.2) is 0 Å². The van der Waals surface area contributed by atoms with Gasteiger partial charge in [0.1, 0.15) is 0 Å². The molecule has 1 rings (SSSR count). The fraction of sp³-hybridized carbons (Fsp3) is 0.643. The minimum absolute atomic E-state index is 0.00110. The molecule has 0 fully saturated rings. The summed E-state index contributed by atoms with van der Waals surface area (Å²) in [6, 6.07) is 3.87. The van der Waals surface area contributed by atoms with E-state index in [1.165, 1.54) is 0 Å². The van der Waals surface area contributed by atoms with Gasteiger partial charge >= 0.3 is 0 Å². The molecule has 0 aliphatic heterocycles. The van der Waals surface area contributed by atoms with E-state index in [0.29, 0.717) is 5.92 Å². The summed E-state index contributed by atoms with van der Waals surface area (Å²) in [4.78, 5) is 14.5. The number of aromatic amines is 1. The molecule has 0 spiro atoms. The van der Waals surface area contributed by atoms with Gasteiger partial charge in [-0.2, -0.15) is 0 Å². The van der Waals surface area contributed by atoms with Crippen molar-refractivity contribution >= 4 is 0 Å². The van der Waals surface area contributed by atoms with Crippen molar-refractivity contribution in [1.29, 1.82) is 0 Å². The molecule has 0 bridgehead atoms. The number of nitrogens with one attached hydrogen (secondary N) is 1. The lowest BCUT2D eigenvalue weighted by molar-refractivity contribution is 0.562. The fourth-order valence-electron chi connectivity index (χ4n) is 1.85. The van der Waals surface area contributed by atoms with Gasteiger partial charge in [-0.15, -0.1) is 0 Å². The molecule has 0 aromatic carbocycles. The Labute approximate surface area is 98.1 Å². The summed E-state index contributed by atoms with van der Waals surface area (Å²) in [7, 11) is 0. The Morgan fingerprint density at radius 2 is 1.94 bits per heavy atom. The molecule has 0 saturated heterocycles. The zero-order valence-electron chi connectivity index (χ0n) is 11.1. The van der Waals surface area contributed by atoms with Crippen molar-refractivity contribution in [2.45, 2.75) is 58.8 Å². The predicted molar refractivity (Wildman–Crippen MR) is 69.1 cm³/mol. The minimum Gasteiger partial charge on any atom is -0.326 e. The first-order chi connectivity index (χ1) is 7.34. The highest BCUT2D eigenvalue weighted by Crippen LogP contribution is 2.24. The second-order valence-corrected chi connectivity index (χ2v) is 5.63. The van der Waals surface area contributed by atoms with E-state index in [9.17, 15) is 4.79 Å². The van der Waals surface area contributed by atoms with Crippen LogP contribution < -0.4 is 5.56 Å². The van der Waals surface area contributed by atoms with Crippen molar-refractivity contribution in [1.82, 2.24) is 4.98 Å². The molecule has 1 N–H and O–H groups in total. The van der Waals surface area contributed by atoms with Gasteiger partial charge in [-0.05, 0) is 24.0 Å². The van der Waals surface area contributed by atoms with Crippen LogP contribution in [0.3, 0.4) is 0 Å². The van der Waals surface area contributed by atoms with Gasteiger partial charge in [0.25, 0.3) is 0 Å². The van der Waals surface area contributed by atoms with Crippen molar-refractivity contribution in [3.8, 4) is 0 Å². The van der Waals surface area contributed by atoms with E-state index < -0.39 is 0 Å². The largest absolute Gasteiger partial charge is 0.326 e. The molecule has 1 aromatic heterocycles. The zero-order valence-corrected chi connectivity index (χ0v) is 11.1. The van der Waals surface area contributed by atoms with Crippen molar-refractivity contribution in [2.75, 3.05) is 0 Å². The average Bonchev–Trinajstić information content (AvgIpc) is 2.16. The molecular weight excluding hydrogens is 198 g/mol. The van der Waals surface area contributed by atoms with Crippen LogP contribution in [0.1, 0.15) is 64.6 Å². The van der Waals surface area contributed by atoms with E-state index in [1.54, 1.807) is 6.07 Å². The zero-order chi connectivity index (χ0) is 12.3. The second kappa shape index (κ2) is 4.86. The number of pyridine rings is 1. The van der Waals surface area contributed by atoms with Gasteiger partial charge in [-0.3, -0.25) is 4.79 Å². The van der Waals surface area contributed by atoms with Gasteiger partial charge in [0, 0.05) is 17.2 Å². The average molecular weight is 221 g/mol. The third-order valence-corrected chi connectivity index (χ3v) is 2.97. The van der Waals surface area contributed by atoms with Gasteiger partial charge in [0.2, 0.25) is 5.56 Å². The highest BCUT2D eigenvalue weighted by molar-refractivity contribution is 5.24. The highest BCUT2D eigenvalue weighted by atomic mass is 16.1. The lowest BCUT2D eigenvalue weighted by atomic mass is 9.88. The van der Waals surface area contributed by atoms with Crippen LogP contribution in [0.25, 0.3) is 0 Å². The number of rotatable bonds is 3. The third-order valence-electron chi connectivity index (χ3n) is 2.97. The summed E-state index contributed by atoms with van der Waals surface area (Å²) in [5, 5.41) is 0. The first-order valence-electron chi connectivity index (χ1n) is 6.09. The lowest BCUT2D eigenvalue weighted by Crippen LogP contribution is -2.20. The maximum Gasteiger partial charge on any atom is 0.248 e. The van der Waals surface area contributed by atoms with Crippen molar-refractivity contribution in [3.63, 3.8) is 0 Å². The van der Waals surface area contributed by atoms with Crippen molar-refractivity contribution < 1.29 is 0 Å². The Balaban J connectivity index is 3.13. The SMILES string of the molecule is CCCC(C)c1cc(C(C)(C)C)[nH]c(=O)c1. The maximum absolute atomic E-state index is 11.6. The molecule has 2 nitrogen and oxygen atoms in total. The van der Waals surface area contributed by atoms with E-state index in [-0.39, 0.29) is 11.0 Å². The van der Waals surface area contributed by atoms with E-state index in [0.717, 1.165) is 24.1 Å². The van der Waals surface area contributed by atoms with Gasteiger partial charge in [-0.1, -0.05) is 41.0 Å². The van der Waals surface area contributed by atoms with Crippen LogP contribution in [0.2, 0.25) is 0 Å². The van der Waals surface area contributed by atoms with E-state index in [2.05, 4.69) is 45.7 Å². The van der Waals surface area contributed by atoms with Crippen molar-refractivity contribution in [3.05, 3.63) is 33.7 Å². The molecule has 2 heteroatoms. The van der Waals surface area contributed by atoms with Crippen LogP contribution in [0.15, 0.2) is 16.9 Å². The monoisotopic (exact) mass is 221 g/mol. The lowest BCUT2D eigenvalue weighted by Gasteiger charge is -2.20. The Morgan fingerprint density at radius 1 is 1.31 bits per heavy atom. The molecule has 1 unspecified atom stereocenters. The second-order valence-electron chi connectivity index (χ2n) is 5.63. The van der Waals surface area contributed by atoms with Gasteiger partial charge < -0.3 is 4.98 Å². The van der Waals surface area contributed by atoms with Crippen LogP contribution in [0.4, 0.5) is 0 Å². The molecule has 0 radical (unpaired) electrons. The normalized spacial score (nSPS) is 13.8. The number of aromatic nitrogens is 1. The number of hydrogen-bond donors (Lipinski definition) is 1. The smallest absolute Gasteiger partial charge is 0.248 e. The predicted octanol–water partition coefficient (Wildman–Crippen LogP) is 3.58. The van der Waals surface area contributed by atoms with Crippen molar-refractivity contribution in [2.24, 2.45) is 0 Å². The summed E-state index contributed by atoms with van der Waals surface area (Å²) in [5.74, 6) is 0.466. The Hall–Kier alpha value is -1.05. The van der Waals surface area contributed by atoms with E-state index in [4.69, 9.17) is 0 Å². The Bertz CT molecular complexity index is 398. The molecule has 0 aliphatic rings. The molecule has 0 amide bonds. The number of H-pyrrole nitrogens is 1. The summed E-state index contributed by atoms with van der Waals surface area (Å²) in [5.41, 5.74) is 2.21. The molecule has 1 atom stereocenters. The summed E-state index contributed by atoms with van der Waals surface area (Å²) in [6.45, 7) is 10.7. The van der Waals surface area contributed by atoms with E-state index >= 15 is 0 Å². The molecular formula is C14H23NO. The molecule has 0 saturated carbocycles. The fourth-order valence-corrected chi connectivity index (χ4v) is 1.85. The first-order valence-corrected chi connectivity index (χ1v) is 6.09. The highest BCUT2D eigenvalue weighted by Gasteiger charge is 2.16. The van der Waals surface area contributed by atoms with Crippen LogP contribution in [-0.2, 0) is 5.41 Å². The van der Waals surface area contributed by atoms with E-state index in [1.807, 2.05) is 0 Å². The van der Waals surface area contributed by atoms with Crippen LogP contribution in [0.5, 0.6) is 0 Å². The molecule has 1 heterocycles. The molecule has 90 valence electrons. The summed E-state index contributed by atoms with van der Waals surface area (Å²) >= 11 is 0. The van der Waals surface area contributed by atoms with Gasteiger partial charge in [0.15, 0.2) is 0 Å². The first kappa shape index (κ1) is 13.0.